The fraction of sp³-hybridized carbons (Fsp3) is 0.619. The van der Waals surface area contributed by atoms with Gasteiger partial charge in [-0.25, -0.2) is 19.2 Å². The Morgan fingerprint density at radius 3 is 1.38 bits per heavy atom. The van der Waals surface area contributed by atoms with Gasteiger partial charge in [0.05, 0.1) is 48.6 Å². The van der Waals surface area contributed by atoms with E-state index in [0.29, 0.717) is 63.7 Å². The molecule has 6 aliphatic rings. The highest BCUT2D eigenvalue weighted by molar-refractivity contribution is 5.94. The second-order valence-corrected chi connectivity index (χ2v) is 17.6. The number of nitrogens with zero attached hydrogens (tertiary/aromatic N) is 4. The molecule has 0 unspecified atom stereocenters. The lowest BCUT2D eigenvalue weighted by atomic mass is 9.94. The first-order chi connectivity index (χ1) is 26.5. The fourth-order valence-corrected chi connectivity index (χ4v) is 8.36. The third-order valence-electron chi connectivity index (χ3n) is 11.4. The van der Waals surface area contributed by atoms with Crippen LogP contribution in [0.4, 0.5) is 9.59 Å². The van der Waals surface area contributed by atoms with Crippen molar-refractivity contribution in [3.05, 3.63) is 68.8 Å². The van der Waals surface area contributed by atoms with Crippen LogP contribution < -0.4 is 0 Å². The predicted molar refractivity (Wildman–Crippen MR) is 204 cm³/mol. The second kappa shape index (κ2) is 15.6. The van der Waals surface area contributed by atoms with Gasteiger partial charge in [0.1, 0.15) is 24.4 Å². The van der Waals surface area contributed by atoms with E-state index in [1.54, 1.807) is 9.80 Å². The zero-order chi connectivity index (χ0) is 40.1. The summed E-state index contributed by atoms with van der Waals surface area (Å²) in [7, 11) is 0. The first-order valence-corrected chi connectivity index (χ1v) is 19.7. The molecule has 14 heteroatoms. The van der Waals surface area contributed by atoms with Crippen molar-refractivity contribution >= 4 is 24.1 Å². The van der Waals surface area contributed by atoms with Gasteiger partial charge in [0, 0.05) is 63.5 Å². The van der Waals surface area contributed by atoms with Crippen LogP contribution in [0.1, 0.15) is 108 Å². The van der Waals surface area contributed by atoms with Gasteiger partial charge in [-0.1, -0.05) is 12.1 Å². The Morgan fingerprint density at radius 1 is 0.607 bits per heavy atom. The largest absolute Gasteiger partial charge is 0.457 e. The summed E-state index contributed by atoms with van der Waals surface area (Å²) < 4.78 is 33.7. The van der Waals surface area contributed by atoms with Crippen LogP contribution >= 0.6 is 0 Å². The molecule has 0 bridgehead atoms. The lowest BCUT2D eigenvalue weighted by Crippen LogP contribution is -2.60. The first-order valence-electron chi connectivity index (χ1n) is 19.7. The average molecular weight is 777 g/mol. The van der Waals surface area contributed by atoms with E-state index in [-0.39, 0.29) is 48.4 Å². The standard InChI is InChI=1S/2C21H28N2O5/c2*1-13-15(5-6-16-17(13)12-27-19(16)24)18-10-22-7-8-23(9-14(22)11-26-18)20(25)28-21(2,3)4/h2*5-6,14,18H,7-12H2,1-4H3/t14-,18+;14-,18-/m11/s1. The zero-order valence-electron chi connectivity index (χ0n) is 34.0. The lowest BCUT2D eigenvalue weighted by molar-refractivity contribution is -0.0910. The molecule has 2 aromatic carbocycles. The first kappa shape index (κ1) is 40.0. The summed E-state index contributed by atoms with van der Waals surface area (Å²) in [6, 6.07) is 8.03. The van der Waals surface area contributed by atoms with Gasteiger partial charge >= 0.3 is 24.1 Å². The number of piperazine rings is 2. The molecule has 8 rings (SSSR count). The molecule has 0 N–H and O–H groups in total. The summed E-state index contributed by atoms with van der Waals surface area (Å²) in [5, 5.41) is 0. The van der Waals surface area contributed by atoms with Crippen LogP contribution in [-0.2, 0) is 41.6 Å². The summed E-state index contributed by atoms with van der Waals surface area (Å²) in [5.41, 5.74) is 6.71. The van der Waals surface area contributed by atoms with Crippen molar-refractivity contribution in [3.8, 4) is 0 Å². The molecule has 0 radical (unpaired) electrons. The molecule has 0 spiro atoms. The van der Waals surface area contributed by atoms with Crippen LogP contribution in [-0.4, -0.2) is 133 Å². The molecule has 2 amide bonds. The van der Waals surface area contributed by atoms with Crippen molar-refractivity contribution in [2.75, 3.05) is 65.6 Å². The Morgan fingerprint density at radius 2 is 1.00 bits per heavy atom. The third kappa shape index (κ3) is 8.53. The van der Waals surface area contributed by atoms with Gasteiger partial charge in [0.15, 0.2) is 0 Å². The predicted octanol–water partition coefficient (Wildman–Crippen LogP) is 5.32. The normalized spacial score (nSPS) is 25.1. The van der Waals surface area contributed by atoms with Gasteiger partial charge in [-0.3, -0.25) is 9.80 Å². The van der Waals surface area contributed by atoms with Crippen molar-refractivity contribution in [1.82, 2.24) is 19.6 Å². The summed E-state index contributed by atoms with van der Waals surface area (Å²) in [4.78, 5) is 56.6. The lowest BCUT2D eigenvalue weighted by Gasteiger charge is -2.46. The number of fused-ring (bicyclic) bond motifs is 4. The number of benzene rings is 2. The summed E-state index contributed by atoms with van der Waals surface area (Å²) in [6.45, 7) is 22.9. The molecule has 304 valence electrons. The minimum absolute atomic E-state index is 0.0367. The average Bonchev–Trinajstić information content (AvgIpc) is 3.72. The molecule has 0 saturated carbocycles. The van der Waals surface area contributed by atoms with Gasteiger partial charge in [0.2, 0.25) is 0 Å². The summed E-state index contributed by atoms with van der Waals surface area (Å²) >= 11 is 0. The van der Waals surface area contributed by atoms with Gasteiger partial charge in [-0.15, -0.1) is 0 Å². The van der Waals surface area contributed by atoms with E-state index in [2.05, 4.69) is 9.80 Å². The molecule has 0 aromatic heterocycles. The maximum Gasteiger partial charge on any atom is 0.410 e. The molecule has 6 aliphatic heterocycles. The monoisotopic (exact) mass is 776 g/mol. The molecule has 2 aromatic rings. The number of ether oxygens (including phenoxy) is 6. The van der Waals surface area contributed by atoms with Crippen LogP contribution in [0.2, 0.25) is 0 Å². The smallest absolute Gasteiger partial charge is 0.410 e. The van der Waals surface area contributed by atoms with E-state index in [1.807, 2.05) is 79.7 Å². The number of amides is 2. The highest BCUT2D eigenvalue weighted by Crippen LogP contribution is 2.35. The number of morpholine rings is 2. The van der Waals surface area contributed by atoms with E-state index in [1.165, 1.54) is 0 Å². The number of carbonyl (C=O) groups is 4. The van der Waals surface area contributed by atoms with Gasteiger partial charge in [-0.05, 0) is 89.8 Å². The number of rotatable bonds is 2. The van der Waals surface area contributed by atoms with Crippen LogP contribution in [0, 0.1) is 13.8 Å². The number of hydrogen-bond donors (Lipinski definition) is 0. The molecular formula is C42H56N4O10. The minimum atomic E-state index is -0.488. The van der Waals surface area contributed by atoms with E-state index >= 15 is 0 Å². The highest BCUT2D eigenvalue weighted by atomic mass is 16.6. The summed E-state index contributed by atoms with van der Waals surface area (Å²) in [6.07, 6.45) is -0.586. The fourth-order valence-electron chi connectivity index (χ4n) is 8.36. The van der Waals surface area contributed by atoms with Gasteiger partial charge < -0.3 is 38.2 Å². The second-order valence-electron chi connectivity index (χ2n) is 17.6. The molecule has 0 aliphatic carbocycles. The van der Waals surface area contributed by atoms with Crippen molar-refractivity contribution in [2.24, 2.45) is 0 Å². The Labute approximate surface area is 329 Å². The Balaban J connectivity index is 0.000000172. The Hall–Kier alpha value is -4.24. The van der Waals surface area contributed by atoms with Crippen molar-refractivity contribution < 1.29 is 47.6 Å². The number of esters is 2. The molecule has 4 saturated heterocycles. The minimum Gasteiger partial charge on any atom is -0.457 e. The molecule has 4 atom stereocenters. The third-order valence-corrected chi connectivity index (χ3v) is 11.4. The maximum atomic E-state index is 12.4. The number of carbonyl (C=O) groups excluding carboxylic acids is 4. The van der Waals surface area contributed by atoms with Crippen molar-refractivity contribution in [2.45, 2.75) is 104 Å². The number of cyclic esters (lactones) is 2. The van der Waals surface area contributed by atoms with E-state index in [4.69, 9.17) is 28.4 Å². The van der Waals surface area contributed by atoms with Crippen LogP contribution in [0.5, 0.6) is 0 Å². The molecule has 6 heterocycles. The molecular weight excluding hydrogens is 720 g/mol. The highest BCUT2D eigenvalue weighted by Gasteiger charge is 2.40. The van der Waals surface area contributed by atoms with E-state index in [9.17, 15) is 19.2 Å². The van der Waals surface area contributed by atoms with Gasteiger partial charge in [-0.2, -0.15) is 0 Å². The van der Waals surface area contributed by atoms with Crippen molar-refractivity contribution in [3.63, 3.8) is 0 Å². The summed E-state index contributed by atoms with van der Waals surface area (Å²) in [5.74, 6) is -0.486. The Kier molecular flexibility index (Phi) is 11.1. The van der Waals surface area contributed by atoms with Crippen LogP contribution in [0.25, 0.3) is 0 Å². The van der Waals surface area contributed by atoms with Crippen LogP contribution in [0.3, 0.4) is 0 Å². The van der Waals surface area contributed by atoms with E-state index in [0.717, 1.165) is 59.6 Å². The number of hydrogen-bond acceptors (Lipinski definition) is 12. The quantitative estimate of drug-likeness (QED) is 0.289. The van der Waals surface area contributed by atoms with Crippen LogP contribution in [0.15, 0.2) is 24.3 Å². The molecule has 56 heavy (non-hydrogen) atoms. The topological polar surface area (TPSA) is 137 Å². The zero-order valence-corrected chi connectivity index (χ0v) is 34.0. The molecule has 14 nitrogen and oxygen atoms in total. The molecule has 4 fully saturated rings. The van der Waals surface area contributed by atoms with Gasteiger partial charge in [0.25, 0.3) is 0 Å². The maximum absolute atomic E-state index is 12.4. The van der Waals surface area contributed by atoms with Crippen molar-refractivity contribution in [1.29, 1.82) is 0 Å². The van der Waals surface area contributed by atoms with E-state index < -0.39 is 11.2 Å². The SMILES string of the molecule is Cc1c([C@@H]2CN3CCN(C(=O)OC(C)(C)C)C[C@@H]3CO2)ccc2c1COC2=O.Cc1c([C@H]2CN3CCN(C(=O)OC(C)(C)C)C[C@@H]3CO2)ccc2c1COC2=O. The Bertz CT molecular complexity index is 1730.